The van der Waals surface area contributed by atoms with Crippen LogP contribution in [0.15, 0.2) is 46.9 Å². The van der Waals surface area contributed by atoms with Gasteiger partial charge < -0.3 is 10.2 Å². The number of nitro groups is 1. The molecule has 1 N–H and O–H groups in total. The molecule has 130 valence electrons. The fourth-order valence-corrected chi connectivity index (χ4v) is 2.64. The Morgan fingerprint density at radius 1 is 1.28 bits per heavy atom. The number of hydrogen-bond acceptors (Lipinski definition) is 4. The van der Waals surface area contributed by atoms with Gasteiger partial charge in [0, 0.05) is 22.6 Å². The third kappa shape index (κ3) is 4.77. The van der Waals surface area contributed by atoms with Crippen LogP contribution in [0.3, 0.4) is 0 Å². The minimum absolute atomic E-state index is 0.173. The Hall–Kier alpha value is -2.45. The van der Waals surface area contributed by atoms with E-state index in [1.165, 1.54) is 19.2 Å². The summed E-state index contributed by atoms with van der Waals surface area (Å²) in [5.41, 5.74) is 0.0169. The summed E-state index contributed by atoms with van der Waals surface area (Å²) < 4.78 is 0.697. The Kier molecular flexibility index (Phi) is 6.11. The number of amides is 2. The SMILES string of the molecule is CN(CC(=O)Nc1ccccc1Br)C(=O)c1cc(Cl)ccc1[N+](=O)[O-]. The zero-order valence-corrected chi connectivity index (χ0v) is 15.4. The second-order valence-corrected chi connectivity index (χ2v) is 6.40. The van der Waals surface area contributed by atoms with Crippen molar-refractivity contribution in [3.63, 3.8) is 0 Å². The Labute approximate surface area is 156 Å². The molecule has 2 rings (SSSR count). The lowest BCUT2D eigenvalue weighted by molar-refractivity contribution is -0.385. The molecule has 2 aromatic carbocycles. The van der Waals surface area contributed by atoms with Gasteiger partial charge in [-0.2, -0.15) is 0 Å². The highest BCUT2D eigenvalue weighted by Gasteiger charge is 2.24. The van der Waals surface area contributed by atoms with E-state index in [1.807, 2.05) is 0 Å². The molecule has 2 amide bonds. The van der Waals surface area contributed by atoms with Crippen molar-refractivity contribution in [2.75, 3.05) is 18.9 Å². The summed E-state index contributed by atoms with van der Waals surface area (Å²) >= 11 is 9.13. The minimum Gasteiger partial charge on any atom is -0.332 e. The van der Waals surface area contributed by atoms with Crippen LogP contribution >= 0.6 is 27.5 Å². The summed E-state index contributed by atoms with van der Waals surface area (Å²) in [7, 11) is 1.38. The molecule has 0 aliphatic carbocycles. The van der Waals surface area contributed by atoms with Crippen molar-refractivity contribution in [1.29, 1.82) is 0 Å². The standard InChI is InChI=1S/C16H13BrClN3O4/c1-20(9-15(22)19-13-5-3-2-4-12(13)17)16(23)11-8-10(18)6-7-14(11)21(24)25/h2-8H,9H2,1H3,(H,19,22). The number of anilines is 1. The van der Waals surface area contributed by atoms with Gasteiger partial charge in [0.2, 0.25) is 5.91 Å². The Balaban J connectivity index is 2.13. The smallest absolute Gasteiger partial charge is 0.282 e. The number of carbonyl (C=O) groups is 2. The van der Waals surface area contributed by atoms with Crippen LogP contribution in [0.1, 0.15) is 10.4 Å². The molecule has 0 aliphatic heterocycles. The topological polar surface area (TPSA) is 92.6 Å². The molecular weight excluding hydrogens is 414 g/mol. The highest BCUT2D eigenvalue weighted by Crippen LogP contribution is 2.24. The molecule has 25 heavy (non-hydrogen) atoms. The average molecular weight is 427 g/mol. The largest absolute Gasteiger partial charge is 0.332 e. The maximum absolute atomic E-state index is 12.5. The molecule has 0 unspecified atom stereocenters. The van der Waals surface area contributed by atoms with E-state index in [9.17, 15) is 19.7 Å². The van der Waals surface area contributed by atoms with Crippen LogP contribution in [0, 0.1) is 10.1 Å². The van der Waals surface area contributed by atoms with Gasteiger partial charge in [-0.25, -0.2) is 0 Å². The maximum Gasteiger partial charge on any atom is 0.282 e. The van der Waals surface area contributed by atoms with Crippen molar-refractivity contribution in [2.45, 2.75) is 0 Å². The second kappa shape index (κ2) is 8.09. The molecule has 9 heteroatoms. The van der Waals surface area contributed by atoms with E-state index in [-0.39, 0.29) is 22.8 Å². The van der Waals surface area contributed by atoms with Crippen LogP contribution in [0.2, 0.25) is 5.02 Å². The first-order valence-electron chi connectivity index (χ1n) is 7.03. The Morgan fingerprint density at radius 3 is 2.60 bits per heavy atom. The molecule has 0 aromatic heterocycles. The molecule has 0 saturated heterocycles. The van der Waals surface area contributed by atoms with Gasteiger partial charge in [0.15, 0.2) is 0 Å². The maximum atomic E-state index is 12.5. The molecule has 0 saturated carbocycles. The van der Waals surface area contributed by atoms with E-state index in [2.05, 4.69) is 21.2 Å². The van der Waals surface area contributed by atoms with Crippen LogP contribution in [0.5, 0.6) is 0 Å². The fraction of sp³-hybridized carbons (Fsp3) is 0.125. The van der Waals surface area contributed by atoms with E-state index in [1.54, 1.807) is 24.3 Å². The third-order valence-electron chi connectivity index (χ3n) is 3.26. The number of hydrogen-bond donors (Lipinski definition) is 1. The van der Waals surface area contributed by atoms with E-state index >= 15 is 0 Å². The van der Waals surface area contributed by atoms with Gasteiger partial charge in [-0.3, -0.25) is 19.7 Å². The number of benzene rings is 2. The monoisotopic (exact) mass is 425 g/mol. The van der Waals surface area contributed by atoms with Crippen molar-refractivity contribution in [3.05, 3.63) is 67.6 Å². The van der Waals surface area contributed by atoms with E-state index in [0.29, 0.717) is 10.2 Å². The summed E-state index contributed by atoms with van der Waals surface area (Å²) in [6, 6.07) is 10.7. The molecule has 7 nitrogen and oxygen atoms in total. The molecule has 0 aliphatic rings. The van der Waals surface area contributed by atoms with Gasteiger partial charge in [-0.1, -0.05) is 23.7 Å². The summed E-state index contributed by atoms with van der Waals surface area (Å²) in [6.45, 7) is -0.274. The number of rotatable bonds is 5. The zero-order valence-electron chi connectivity index (χ0n) is 13.0. The highest BCUT2D eigenvalue weighted by atomic mass is 79.9. The Bertz CT molecular complexity index is 844. The van der Waals surface area contributed by atoms with Gasteiger partial charge in [-0.15, -0.1) is 0 Å². The predicted octanol–water partition coefficient (Wildman–Crippen LogP) is 3.72. The summed E-state index contributed by atoms with van der Waals surface area (Å²) in [6.07, 6.45) is 0. The van der Waals surface area contributed by atoms with Crippen molar-refractivity contribution in [2.24, 2.45) is 0 Å². The fourth-order valence-electron chi connectivity index (χ4n) is 2.08. The van der Waals surface area contributed by atoms with Gasteiger partial charge in [-0.05, 0) is 40.2 Å². The summed E-state index contributed by atoms with van der Waals surface area (Å²) in [5.74, 6) is -1.11. The van der Waals surface area contributed by atoms with Crippen LogP contribution in [-0.4, -0.2) is 35.2 Å². The normalized spacial score (nSPS) is 10.2. The first-order chi connectivity index (χ1) is 11.8. The zero-order chi connectivity index (χ0) is 18.6. The van der Waals surface area contributed by atoms with Gasteiger partial charge >= 0.3 is 0 Å². The summed E-state index contributed by atoms with van der Waals surface area (Å²) in [4.78, 5) is 36.0. The summed E-state index contributed by atoms with van der Waals surface area (Å²) in [5, 5.41) is 13.9. The van der Waals surface area contributed by atoms with Crippen LogP contribution in [0.4, 0.5) is 11.4 Å². The average Bonchev–Trinajstić information content (AvgIpc) is 2.55. The van der Waals surface area contributed by atoms with E-state index in [0.717, 1.165) is 11.0 Å². The molecular formula is C16H13BrClN3O4. The van der Waals surface area contributed by atoms with Crippen LogP contribution in [0.25, 0.3) is 0 Å². The van der Waals surface area contributed by atoms with Gasteiger partial charge in [0.05, 0.1) is 17.2 Å². The van der Waals surface area contributed by atoms with E-state index < -0.39 is 16.7 Å². The lowest BCUT2D eigenvalue weighted by Gasteiger charge is -2.17. The van der Waals surface area contributed by atoms with Gasteiger partial charge in [0.25, 0.3) is 11.6 Å². The number of para-hydroxylation sites is 1. The number of nitrogens with one attached hydrogen (secondary N) is 1. The predicted molar refractivity (Wildman–Crippen MR) is 97.8 cm³/mol. The quantitative estimate of drug-likeness (QED) is 0.582. The molecule has 0 fully saturated rings. The number of carbonyl (C=O) groups excluding carboxylic acids is 2. The molecule has 0 spiro atoms. The number of halogens is 2. The van der Waals surface area contributed by atoms with Crippen molar-refractivity contribution >= 4 is 50.7 Å². The molecule has 0 atom stereocenters. The highest BCUT2D eigenvalue weighted by molar-refractivity contribution is 9.10. The molecule has 0 heterocycles. The first-order valence-corrected chi connectivity index (χ1v) is 8.20. The van der Waals surface area contributed by atoms with Crippen molar-refractivity contribution in [3.8, 4) is 0 Å². The minimum atomic E-state index is -0.670. The molecule has 0 bridgehead atoms. The van der Waals surface area contributed by atoms with Crippen molar-refractivity contribution < 1.29 is 14.5 Å². The Morgan fingerprint density at radius 2 is 1.96 bits per heavy atom. The van der Waals surface area contributed by atoms with Gasteiger partial charge in [0.1, 0.15) is 5.56 Å². The molecule has 2 aromatic rings. The van der Waals surface area contributed by atoms with Crippen LogP contribution < -0.4 is 5.32 Å². The number of nitrogens with zero attached hydrogens (tertiary/aromatic N) is 2. The van der Waals surface area contributed by atoms with Crippen molar-refractivity contribution in [1.82, 2.24) is 4.90 Å². The van der Waals surface area contributed by atoms with E-state index in [4.69, 9.17) is 11.6 Å². The lowest BCUT2D eigenvalue weighted by atomic mass is 10.1. The second-order valence-electron chi connectivity index (χ2n) is 5.11. The molecule has 0 radical (unpaired) electrons. The van der Waals surface area contributed by atoms with Crippen LogP contribution in [-0.2, 0) is 4.79 Å². The first kappa shape index (κ1) is 18.9. The third-order valence-corrected chi connectivity index (χ3v) is 4.19. The number of nitro benzene ring substituents is 1. The lowest BCUT2D eigenvalue weighted by Crippen LogP contribution is -2.35. The number of likely N-dealkylation sites (N-methyl/N-ethyl adjacent to an activating group) is 1.